The summed E-state index contributed by atoms with van der Waals surface area (Å²) in [6, 6.07) is 4.06. The molecule has 1 rings (SSSR count). The maximum atomic E-state index is 5.45. The fourth-order valence-corrected chi connectivity index (χ4v) is 2.35. The third-order valence-corrected chi connectivity index (χ3v) is 3.18. The Kier molecular flexibility index (Phi) is 6.76. The molecule has 0 N–H and O–H groups in total. The summed E-state index contributed by atoms with van der Waals surface area (Å²) in [6.45, 7) is 4.38. The standard InChI is InChI=1S/C17H27N3O2/c1-8-9-14-10-13(11-15(21-6)16(14)22-7)12-18-17(19(2)3)20(4)5/h8,10-11H,1,9,12H2,2-7H3. The maximum absolute atomic E-state index is 5.45. The summed E-state index contributed by atoms with van der Waals surface area (Å²) in [6.07, 6.45) is 2.58. The van der Waals surface area contributed by atoms with Gasteiger partial charge in [-0.05, 0) is 24.1 Å². The van der Waals surface area contributed by atoms with Crippen molar-refractivity contribution in [1.29, 1.82) is 0 Å². The van der Waals surface area contributed by atoms with Crippen LogP contribution in [0.4, 0.5) is 0 Å². The molecule has 5 heteroatoms. The molecule has 0 saturated carbocycles. The summed E-state index contributed by atoms with van der Waals surface area (Å²) in [4.78, 5) is 8.65. The third kappa shape index (κ3) is 4.41. The molecule has 0 saturated heterocycles. The van der Waals surface area contributed by atoms with Crippen LogP contribution in [0.25, 0.3) is 0 Å². The smallest absolute Gasteiger partial charge is 0.195 e. The lowest BCUT2D eigenvalue weighted by molar-refractivity contribution is 0.352. The lowest BCUT2D eigenvalue weighted by Gasteiger charge is -2.22. The normalized spacial score (nSPS) is 9.91. The molecule has 0 radical (unpaired) electrons. The van der Waals surface area contributed by atoms with Crippen molar-refractivity contribution in [1.82, 2.24) is 9.80 Å². The van der Waals surface area contributed by atoms with Gasteiger partial charge in [0.25, 0.3) is 0 Å². The van der Waals surface area contributed by atoms with Gasteiger partial charge in [-0.1, -0.05) is 6.08 Å². The predicted molar refractivity (Wildman–Crippen MR) is 92.0 cm³/mol. The SMILES string of the molecule is C=CCc1cc(CN=C(N(C)C)N(C)C)cc(OC)c1OC. The lowest BCUT2D eigenvalue weighted by atomic mass is 10.1. The molecular formula is C17H27N3O2. The van der Waals surface area contributed by atoms with Crippen molar-refractivity contribution < 1.29 is 9.47 Å². The van der Waals surface area contributed by atoms with Crippen molar-refractivity contribution in [3.63, 3.8) is 0 Å². The van der Waals surface area contributed by atoms with Crippen LogP contribution in [-0.2, 0) is 13.0 Å². The topological polar surface area (TPSA) is 37.3 Å². The zero-order chi connectivity index (χ0) is 16.7. The second kappa shape index (κ2) is 8.32. The summed E-state index contributed by atoms with van der Waals surface area (Å²) in [5, 5.41) is 0. The quantitative estimate of drug-likeness (QED) is 0.459. The summed E-state index contributed by atoms with van der Waals surface area (Å²) < 4.78 is 10.9. The van der Waals surface area contributed by atoms with E-state index in [9.17, 15) is 0 Å². The first-order valence-electron chi connectivity index (χ1n) is 7.18. The number of benzene rings is 1. The van der Waals surface area contributed by atoms with Gasteiger partial charge in [-0.15, -0.1) is 6.58 Å². The van der Waals surface area contributed by atoms with Crippen molar-refractivity contribution in [2.75, 3.05) is 42.4 Å². The molecule has 0 aliphatic heterocycles. The van der Waals surface area contributed by atoms with E-state index in [4.69, 9.17) is 9.47 Å². The Morgan fingerprint density at radius 1 is 1.14 bits per heavy atom. The van der Waals surface area contributed by atoms with E-state index in [-0.39, 0.29) is 0 Å². The van der Waals surface area contributed by atoms with Crippen LogP contribution in [0.1, 0.15) is 11.1 Å². The van der Waals surface area contributed by atoms with Gasteiger partial charge in [-0.3, -0.25) is 0 Å². The largest absolute Gasteiger partial charge is 0.493 e. The van der Waals surface area contributed by atoms with Crippen molar-refractivity contribution in [3.8, 4) is 11.5 Å². The monoisotopic (exact) mass is 305 g/mol. The van der Waals surface area contributed by atoms with Crippen molar-refractivity contribution >= 4 is 5.96 Å². The highest BCUT2D eigenvalue weighted by Gasteiger charge is 2.12. The van der Waals surface area contributed by atoms with Crippen LogP contribution in [0.3, 0.4) is 0 Å². The van der Waals surface area contributed by atoms with Gasteiger partial charge in [0.2, 0.25) is 0 Å². The molecule has 0 bridgehead atoms. The van der Waals surface area contributed by atoms with Gasteiger partial charge < -0.3 is 19.3 Å². The number of methoxy groups -OCH3 is 2. The van der Waals surface area contributed by atoms with Crippen LogP contribution in [-0.4, -0.2) is 58.2 Å². The molecule has 0 amide bonds. The zero-order valence-electron chi connectivity index (χ0n) is 14.5. The van der Waals surface area contributed by atoms with E-state index in [1.54, 1.807) is 14.2 Å². The molecule has 1 aromatic rings. The first-order chi connectivity index (χ1) is 10.4. The number of guanidine groups is 1. The minimum absolute atomic E-state index is 0.580. The van der Waals surface area contributed by atoms with E-state index in [1.165, 1.54) is 0 Å². The minimum atomic E-state index is 0.580. The van der Waals surface area contributed by atoms with Gasteiger partial charge in [0, 0.05) is 33.8 Å². The van der Waals surface area contributed by atoms with E-state index in [0.29, 0.717) is 6.54 Å². The van der Waals surface area contributed by atoms with Gasteiger partial charge >= 0.3 is 0 Å². The average molecular weight is 305 g/mol. The number of allylic oxidation sites excluding steroid dienone is 1. The molecule has 22 heavy (non-hydrogen) atoms. The number of hydrogen-bond donors (Lipinski definition) is 0. The molecule has 1 aromatic carbocycles. The Bertz CT molecular complexity index is 527. The summed E-state index contributed by atoms with van der Waals surface area (Å²) in [5.41, 5.74) is 2.13. The summed E-state index contributed by atoms with van der Waals surface area (Å²) in [5.74, 6) is 2.40. The maximum Gasteiger partial charge on any atom is 0.195 e. The van der Waals surface area contributed by atoms with Crippen molar-refractivity contribution in [3.05, 3.63) is 35.9 Å². The number of aliphatic imine (C=N–C) groups is 1. The fourth-order valence-electron chi connectivity index (χ4n) is 2.35. The molecule has 0 heterocycles. The summed E-state index contributed by atoms with van der Waals surface area (Å²) >= 11 is 0. The second-order valence-corrected chi connectivity index (χ2v) is 5.39. The third-order valence-electron chi connectivity index (χ3n) is 3.18. The van der Waals surface area contributed by atoms with Crippen molar-refractivity contribution in [2.45, 2.75) is 13.0 Å². The first-order valence-corrected chi connectivity index (χ1v) is 7.18. The molecule has 122 valence electrons. The molecule has 0 aliphatic rings. The number of nitrogens with zero attached hydrogens (tertiary/aromatic N) is 3. The van der Waals surface area contributed by atoms with Crippen LogP contribution >= 0.6 is 0 Å². The number of rotatable bonds is 6. The summed E-state index contributed by atoms with van der Waals surface area (Å²) in [7, 11) is 11.2. The van der Waals surface area contributed by atoms with Gasteiger partial charge in [0.1, 0.15) is 0 Å². The molecule has 0 atom stereocenters. The molecule has 5 nitrogen and oxygen atoms in total. The number of ether oxygens (including phenoxy) is 2. The highest BCUT2D eigenvalue weighted by atomic mass is 16.5. The highest BCUT2D eigenvalue weighted by molar-refractivity contribution is 5.79. The molecule has 0 aliphatic carbocycles. The zero-order valence-corrected chi connectivity index (χ0v) is 14.5. The Labute approximate surface area is 133 Å². The fraction of sp³-hybridized carbons (Fsp3) is 0.471. The molecule has 0 aromatic heterocycles. The first kappa shape index (κ1) is 17.9. The molecule has 0 spiro atoms. The van der Waals surface area contributed by atoms with Crippen LogP contribution in [0.15, 0.2) is 29.8 Å². The van der Waals surface area contributed by atoms with Gasteiger partial charge in [-0.2, -0.15) is 0 Å². The van der Waals surface area contributed by atoms with Crippen LogP contribution in [0.5, 0.6) is 11.5 Å². The van der Waals surface area contributed by atoms with Gasteiger partial charge in [0.05, 0.1) is 20.8 Å². The highest BCUT2D eigenvalue weighted by Crippen LogP contribution is 2.33. The Hall–Kier alpha value is -2.17. The second-order valence-electron chi connectivity index (χ2n) is 5.39. The Balaban J connectivity index is 3.17. The van der Waals surface area contributed by atoms with E-state index in [1.807, 2.05) is 50.1 Å². The van der Waals surface area contributed by atoms with E-state index in [2.05, 4.69) is 17.6 Å². The van der Waals surface area contributed by atoms with E-state index < -0.39 is 0 Å². The van der Waals surface area contributed by atoms with Crippen LogP contribution in [0.2, 0.25) is 0 Å². The van der Waals surface area contributed by atoms with E-state index in [0.717, 1.165) is 35.0 Å². The van der Waals surface area contributed by atoms with E-state index >= 15 is 0 Å². The lowest BCUT2D eigenvalue weighted by Crippen LogP contribution is -2.35. The number of hydrogen-bond acceptors (Lipinski definition) is 3. The average Bonchev–Trinajstić information content (AvgIpc) is 2.46. The minimum Gasteiger partial charge on any atom is -0.493 e. The molecule has 0 fully saturated rings. The predicted octanol–water partition coefficient (Wildman–Crippen LogP) is 2.41. The van der Waals surface area contributed by atoms with Crippen molar-refractivity contribution in [2.24, 2.45) is 4.99 Å². The van der Waals surface area contributed by atoms with Crippen LogP contribution in [0, 0.1) is 0 Å². The Morgan fingerprint density at radius 3 is 2.23 bits per heavy atom. The molecule has 0 unspecified atom stereocenters. The van der Waals surface area contributed by atoms with Gasteiger partial charge in [-0.25, -0.2) is 4.99 Å². The molecular weight excluding hydrogens is 278 g/mol. The Morgan fingerprint density at radius 2 is 1.77 bits per heavy atom. The van der Waals surface area contributed by atoms with Crippen LogP contribution < -0.4 is 9.47 Å². The van der Waals surface area contributed by atoms with Gasteiger partial charge in [0.15, 0.2) is 17.5 Å².